The maximum Gasteiger partial charge on any atom is 0.211 e. The van der Waals surface area contributed by atoms with Gasteiger partial charge in [0.2, 0.25) is 4.80 Å². The van der Waals surface area contributed by atoms with Crippen molar-refractivity contribution in [2.75, 3.05) is 0 Å². The van der Waals surface area contributed by atoms with Gasteiger partial charge in [-0.15, -0.1) is 11.3 Å². The third-order valence-electron chi connectivity index (χ3n) is 3.91. The number of hydrogen-bond acceptors (Lipinski definition) is 4. The minimum atomic E-state index is -0.391. The van der Waals surface area contributed by atoms with Crippen LogP contribution in [0.4, 0.5) is 10.1 Å². The summed E-state index contributed by atoms with van der Waals surface area (Å²) in [7, 11) is 0. The topological polar surface area (TPSA) is 42.5 Å². The number of halogens is 2. The lowest BCUT2D eigenvalue weighted by Gasteiger charge is -2.05. The number of nitrogens with zero attached hydrogens (tertiary/aromatic N) is 4. The number of rotatable bonds is 4. The Balaban J connectivity index is 1.89. The highest BCUT2D eigenvalue weighted by Crippen LogP contribution is 2.28. The molecule has 0 aliphatic carbocycles. The molecule has 4 rings (SSSR count). The van der Waals surface area contributed by atoms with E-state index < -0.39 is 5.82 Å². The van der Waals surface area contributed by atoms with Crippen molar-refractivity contribution in [1.82, 2.24) is 9.66 Å². The lowest BCUT2D eigenvalue weighted by molar-refractivity contribution is 0.628. The molecule has 7 heteroatoms. The monoisotopic (exact) mass is 408 g/mol. The molecule has 0 fully saturated rings. The van der Waals surface area contributed by atoms with E-state index >= 15 is 0 Å². The minimum absolute atomic E-state index is 0.250. The summed E-state index contributed by atoms with van der Waals surface area (Å²) < 4.78 is 15.7. The van der Waals surface area contributed by atoms with E-state index in [4.69, 9.17) is 11.6 Å². The Morgan fingerprint density at radius 1 is 1.04 bits per heavy atom. The van der Waals surface area contributed by atoms with E-state index in [1.807, 2.05) is 41.8 Å². The zero-order valence-electron chi connectivity index (χ0n) is 14.5. The predicted octanol–water partition coefficient (Wildman–Crippen LogP) is 5.52. The molecule has 2 aromatic heterocycles. The van der Waals surface area contributed by atoms with Crippen LogP contribution in [0.1, 0.15) is 5.56 Å². The third-order valence-corrected chi connectivity index (χ3v) is 5.06. The van der Waals surface area contributed by atoms with Gasteiger partial charge < -0.3 is 0 Å². The lowest BCUT2D eigenvalue weighted by atomic mass is 10.2. The molecule has 0 N–H and O–H groups in total. The molecule has 0 amide bonds. The Labute approximate surface area is 169 Å². The summed E-state index contributed by atoms with van der Waals surface area (Å²) in [6.07, 6.45) is 5.09. The summed E-state index contributed by atoms with van der Waals surface area (Å²) in [6.45, 7) is 0. The van der Waals surface area contributed by atoms with Crippen LogP contribution in [0.2, 0.25) is 5.02 Å². The summed E-state index contributed by atoms with van der Waals surface area (Å²) in [5.41, 5.74) is 2.67. The molecule has 0 aliphatic rings. The number of para-hydroxylation sites is 1. The molecule has 0 spiro atoms. The van der Waals surface area contributed by atoms with E-state index in [2.05, 4.69) is 15.1 Å². The standard InChI is InChI=1S/C21H14ClFN4S/c22-17-8-2-1-7-16(17)20-14-28-21(26-19-10-4-3-9-18(19)23)27(20)25-13-15-6-5-11-24-12-15/h1-14H/b25-13+,26-21?. The quantitative estimate of drug-likeness (QED) is 0.410. The molecule has 4 nitrogen and oxygen atoms in total. The largest absolute Gasteiger partial charge is 0.264 e. The highest BCUT2D eigenvalue weighted by molar-refractivity contribution is 7.07. The maximum absolute atomic E-state index is 14.1. The first-order valence-electron chi connectivity index (χ1n) is 8.41. The Morgan fingerprint density at radius 2 is 1.86 bits per heavy atom. The first-order valence-corrected chi connectivity index (χ1v) is 9.67. The highest BCUT2D eigenvalue weighted by atomic mass is 35.5. The van der Waals surface area contributed by atoms with Crippen LogP contribution < -0.4 is 4.80 Å². The van der Waals surface area contributed by atoms with Gasteiger partial charge in [-0.3, -0.25) is 4.98 Å². The van der Waals surface area contributed by atoms with Crippen molar-refractivity contribution in [3.8, 4) is 11.3 Å². The van der Waals surface area contributed by atoms with Gasteiger partial charge in [0.1, 0.15) is 11.5 Å². The summed E-state index contributed by atoms with van der Waals surface area (Å²) in [5, 5.41) is 7.07. The molecule has 0 atom stereocenters. The molecule has 0 saturated carbocycles. The Hall–Kier alpha value is -3.09. The Bertz CT molecular complexity index is 1200. The van der Waals surface area contributed by atoms with Crippen molar-refractivity contribution in [2.24, 2.45) is 10.1 Å². The molecule has 2 heterocycles. The van der Waals surface area contributed by atoms with Crippen LogP contribution >= 0.6 is 22.9 Å². The third kappa shape index (κ3) is 3.93. The van der Waals surface area contributed by atoms with Crippen LogP contribution in [0, 0.1) is 5.82 Å². The summed E-state index contributed by atoms with van der Waals surface area (Å²) in [5.74, 6) is -0.391. The maximum atomic E-state index is 14.1. The summed E-state index contributed by atoms with van der Waals surface area (Å²) in [4.78, 5) is 9.08. The molecule has 4 aromatic rings. The predicted molar refractivity (Wildman–Crippen MR) is 112 cm³/mol. The van der Waals surface area contributed by atoms with Gasteiger partial charge in [0.05, 0.1) is 11.9 Å². The number of hydrogen-bond donors (Lipinski definition) is 0. The zero-order valence-corrected chi connectivity index (χ0v) is 16.1. The average molecular weight is 409 g/mol. The summed E-state index contributed by atoms with van der Waals surface area (Å²) >= 11 is 7.74. The molecule has 2 aromatic carbocycles. The van der Waals surface area contributed by atoms with E-state index in [1.54, 1.807) is 41.5 Å². The molecule has 0 aliphatic heterocycles. The van der Waals surface area contributed by atoms with Crippen LogP contribution in [0.15, 0.2) is 88.5 Å². The fourth-order valence-electron chi connectivity index (χ4n) is 2.57. The van der Waals surface area contributed by atoms with Crippen molar-refractivity contribution in [2.45, 2.75) is 0 Å². The highest BCUT2D eigenvalue weighted by Gasteiger charge is 2.11. The van der Waals surface area contributed by atoms with Crippen LogP contribution in [-0.4, -0.2) is 15.9 Å². The molecule has 28 heavy (non-hydrogen) atoms. The molecule has 0 radical (unpaired) electrons. The fraction of sp³-hybridized carbons (Fsp3) is 0. The van der Waals surface area contributed by atoms with Crippen LogP contribution in [-0.2, 0) is 0 Å². The second kappa shape index (κ2) is 8.29. The minimum Gasteiger partial charge on any atom is -0.264 e. The smallest absolute Gasteiger partial charge is 0.211 e. The van der Waals surface area contributed by atoms with Gasteiger partial charge in [0, 0.05) is 33.9 Å². The number of aromatic nitrogens is 2. The number of benzene rings is 2. The molecule has 138 valence electrons. The Morgan fingerprint density at radius 3 is 2.64 bits per heavy atom. The van der Waals surface area contributed by atoms with Crippen molar-refractivity contribution in [1.29, 1.82) is 0 Å². The van der Waals surface area contributed by atoms with Crippen molar-refractivity contribution < 1.29 is 4.39 Å². The van der Waals surface area contributed by atoms with Gasteiger partial charge in [-0.05, 0) is 24.3 Å². The van der Waals surface area contributed by atoms with E-state index in [0.29, 0.717) is 9.82 Å². The van der Waals surface area contributed by atoms with E-state index in [9.17, 15) is 4.39 Å². The first kappa shape index (κ1) is 18.3. The normalized spacial score (nSPS) is 12.0. The molecular weight excluding hydrogens is 395 g/mol. The van der Waals surface area contributed by atoms with Gasteiger partial charge in [-0.2, -0.15) is 5.10 Å². The van der Waals surface area contributed by atoms with Gasteiger partial charge in [-0.1, -0.05) is 48.0 Å². The van der Waals surface area contributed by atoms with E-state index in [-0.39, 0.29) is 5.69 Å². The first-order chi connectivity index (χ1) is 13.7. The van der Waals surface area contributed by atoms with Crippen molar-refractivity contribution >= 4 is 34.8 Å². The summed E-state index contributed by atoms with van der Waals surface area (Å²) in [6, 6.07) is 17.6. The van der Waals surface area contributed by atoms with Gasteiger partial charge in [0.15, 0.2) is 0 Å². The SMILES string of the molecule is Fc1ccccc1N=c1scc(-c2ccccc2Cl)n1/N=C/c1cccnc1. The molecular formula is C21H14ClFN4S. The van der Waals surface area contributed by atoms with E-state index in [1.165, 1.54) is 17.4 Å². The fourth-order valence-corrected chi connectivity index (χ4v) is 3.64. The van der Waals surface area contributed by atoms with E-state index in [0.717, 1.165) is 16.8 Å². The molecule has 0 unspecified atom stereocenters. The average Bonchev–Trinajstić information content (AvgIpc) is 3.11. The zero-order chi connectivity index (χ0) is 19.3. The number of pyridine rings is 1. The van der Waals surface area contributed by atoms with Crippen LogP contribution in [0.25, 0.3) is 11.3 Å². The van der Waals surface area contributed by atoms with Crippen LogP contribution in [0.3, 0.4) is 0 Å². The van der Waals surface area contributed by atoms with Crippen LogP contribution in [0.5, 0.6) is 0 Å². The van der Waals surface area contributed by atoms with Gasteiger partial charge in [-0.25, -0.2) is 14.1 Å². The second-order valence-electron chi connectivity index (χ2n) is 5.79. The Kier molecular flexibility index (Phi) is 5.41. The van der Waals surface area contributed by atoms with Gasteiger partial charge in [0.25, 0.3) is 0 Å². The molecule has 0 bridgehead atoms. The van der Waals surface area contributed by atoms with Gasteiger partial charge >= 0.3 is 0 Å². The molecule has 0 saturated heterocycles. The number of thiazole rings is 1. The van der Waals surface area contributed by atoms with Crippen molar-refractivity contribution in [3.63, 3.8) is 0 Å². The lowest BCUT2D eigenvalue weighted by Crippen LogP contribution is -2.11. The second-order valence-corrected chi connectivity index (χ2v) is 7.03. The van der Waals surface area contributed by atoms with Crippen molar-refractivity contribution in [3.05, 3.63) is 99.6 Å².